The minimum atomic E-state index is -1.09. The van der Waals surface area contributed by atoms with Crippen molar-refractivity contribution in [2.45, 2.75) is 49.8 Å². The van der Waals surface area contributed by atoms with E-state index < -0.39 is 39.5 Å². The number of primary amides is 1. The largest absolute Gasteiger partial charge is 0.480 e. The Bertz CT molecular complexity index is 1940. The number of carbonyl (C=O) groups excluding carboxylic acids is 1. The average molecular weight is 619 g/mol. The quantitative estimate of drug-likeness (QED) is 0.257. The fourth-order valence-electron chi connectivity index (χ4n) is 6.65. The molecule has 2 fully saturated rings. The molecule has 3 aliphatic heterocycles. The molecule has 0 spiro atoms. The summed E-state index contributed by atoms with van der Waals surface area (Å²) in [7, 11) is 0. The lowest BCUT2D eigenvalue weighted by atomic mass is 9.80. The lowest BCUT2D eigenvalue weighted by Crippen LogP contribution is -2.48. The van der Waals surface area contributed by atoms with E-state index in [0.29, 0.717) is 5.56 Å². The molecule has 1 aromatic heterocycles. The number of aromatic nitrogens is 2. The first-order valence-electron chi connectivity index (χ1n) is 14.4. The lowest BCUT2D eigenvalue weighted by Gasteiger charge is -2.35. The average Bonchev–Trinajstić information content (AvgIpc) is 3.55. The number of ether oxygens (including phenoxy) is 3. The molecule has 12 heteroatoms. The summed E-state index contributed by atoms with van der Waals surface area (Å²) >= 11 is 6.61. The van der Waals surface area contributed by atoms with Gasteiger partial charge in [0, 0.05) is 35.2 Å². The fraction of sp³-hybridized carbons (Fsp3) is 0.281. The maximum Gasteiger partial charge on any atom is 0.300 e. The van der Waals surface area contributed by atoms with Crippen molar-refractivity contribution in [1.82, 2.24) is 14.9 Å². The molecule has 9 nitrogen and oxygen atoms in total. The van der Waals surface area contributed by atoms with Crippen molar-refractivity contribution in [1.29, 1.82) is 0 Å². The van der Waals surface area contributed by atoms with Crippen molar-refractivity contribution in [2.24, 2.45) is 5.73 Å². The predicted octanol–water partition coefficient (Wildman–Crippen LogP) is 5.76. The first kappa shape index (κ1) is 27.1. The molecule has 4 heterocycles. The molecule has 3 aromatic carbocycles. The molecule has 3 N–H and O–H groups in total. The van der Waals surface area contributed by atoms with Crippen LogP contribution in [0.5, 0.6) is 28.9 Å². The van der Waals surface area contributed by atoms with Crippen molar-refractivity contribution in [3.63, 3.8) is 0 Å². The van der Waals surface area contributed by atoms with Gasteiger partial charge in [0.25, 0.3) is 11.6 Å². The van der Waals surface area contributed by atoms with Crippen LogP contribution in [0.4, 0.5) is 8.78 Å². The third-order valence-corrected chi connectivity index (χ3v) is 9.25. The fourth-order valence-corrected chi connectivity index (χ4v) is 6.92. The molecule has 4 aliphatic rings. The molecule has 1 saturated heterocycles. The Labute approximate surface area is 254 Å². The van der Waals surface area contributed by atoms with E-state index in [9.17, 15) is 9.59 Å². The van der Waals surface area contributed by atoms with Crippen LogP contribution in [-0.4, -0.2) is 28.0 Å². The number of benzene rings is 3. The topological polar surface area (TPSA) is 118 Å². The van der Waals surface area contributed by atoms with Crippen molar-refractivity contribution >= 4 is 17.5 Å². The van der Waals surface area contributed by atoms with Gasteiger partial charge in [0.2, 0.25) is 11.7 Å². The summed E-state index contributed by atoms with van der Waals surface area (Å²) in [6, 6.07) is 11.8. The number of fused-ring (bicyclic) bond motifs is 3. The van der Waals surface area contributed by atoms with Crippen LogP contribution in [-0.2, 0) is 12.0 Å². The van der Waals surface area contributed by atoms with E-state index in [1.165, 1.54) is 23.0 Å². The highest BCUT2D eigenvalue weighted by Gasteiger charge is 2.50. The zero-order valence-corrected chi connectivity index (χ0v) is 23.9. The lowest BCUT2D eigenvalue weighted by molar-refractivity contribution is 0.0539. The first-order valence-corrected chi connectivity index (χ1v) is 14.8. The Kier molecular flexibility index (Phi) is 6.01. The molecule has 1 saturated carbocycles. The summed E-state index contributed by atoms with van der Waals surface area (Å²) in [5.74, 6) is -3.93. The van der Waals surface area contributed by atoms with Gasteiger partial charge in [-0.2, -0.15) is 4.98 Å². The van der Waals surface area contributed by atoms with Gasteiger partial charge in [-0.1, -0.05) is 41.9 Å². The highest BCUT2D eigenvalue weighted by Crippen LogP contribution is 2.55. The second kappa shape index (κ2) is 9.76. The standard InChI is InChI=1S/C32H25ClF2N4O5/c33-25-19(34)12-20-18(13-32(44-20,22-7-4-10-37-22)15-5-2-1-3-6-15)23(25)24-17(29(36)40)11-21-27(26(24)35)43-28-30(42-21)38-14-39(31(28)41)16-8-9-16/h1-3,5-6,11-12,14,16,22,37H,4,7-10,13H2,(H2,36,40)/t22-,32-/m0/s1. The molecular weight excluding hydrogens is 594 g/mol. The number of hydrogen-bond acceptors (Lipinski definition) is 7. The van der Waals surface area contributed by atoms with Crippen molar-refractivity contribution < 1.29 is 27.8 Å². The Balaban J connectivity index is 1.32. The summed E-state index contributed by atoms with van der Waals surface area (Å²) in [5, 5.41) is 3.09. The van der Waals surface area contributed by atoms with Crippen LogP contribution in [0.1, 0.15) is 53.2 Å². The Morgan fingerprint density at radius 1 is 1.07 bits per heavy atom. The van der Waals surface area contributed by atoms with E-state index >= 15 is 8.78 Å². The smallest absolute Gasteiger partial charge is 0.300 e. The van der Waals surface area contributed by atoms with E-state index in [1.807, 2.05) is 30.3 Å². The summed E-state index contributed by atoms with van der Waals surface area (Å²) in [5.41, 5.74) is 4.77. The second-order valence-corrected chi connectivity index (χ2v) is 11.9. The van der Waals surface area contributed by atoms with Crippen LogP contribution >= 0.6 is 11.6 Å². The van der Waals surface area contributed by atoms with Gasteiger partial charge in [0.15, 0.2) is 17.2 Å². The SMILES string of the molecule is NC(=O)c1cc2c(c(F)c1-c1c(Cl)c(F)cc3c1C[C@](c1ccccc1)([C@@H]1CCCN1)O3)Oc1c(ncn(C3CC3)c1=O)O2. The Morgan fingerprint density at radius 3 is 2.57 bits per heavy atom. The van der Waals surface area contributed by atoms with Crippen molar-refractivity contribution in [2.75, 3.05) is 6.54 Å². The van der Waals surface area contributed by atoms with Gasteiger partial charge >= 0.3 is 5.56 Å². The molecule has 224 valence electrons. The van der Waals surface area contributed by atoms with E-state index in [2.05, 4.69) is 10.3 Å². The summed E-state index contributed by atoms with van der Waals surface area (Å²) < 4.78 is 51.9. The van der Waals surface area contributed by atoms with E-state index in [1.54, 1.807) is 0 Å². The zero-order valence-electron chi connectivity index (χ0n) is 23.2. The molecule has 2 atom stereocenters. The van der Waals surface area contributed by atoms with E-state index in [-0.39, 0.29) is 58.3 Å². The molecule has 4 aromatic rings. The van der Waals surface area contributed by atoms with Gasteiger partial charge < -0.3 is 25.3 Å². The summed E-state index contributed by atoms with van der Waals surface area (Å²) in [6.45, 7) is 0.780. The highest BCUT2D eigenvalue weighted by molar-refractivity contribution is 6.34. The number of nitrogens with one attached hydrogen (secondary N) is 1. The van der Waals surface area contributed by atoms with Crippen LogP contribution < -0.4 is 30.8 Å². The van der Waals surface area contributed by atoms with Crippen molar-refractivity contribution in [3.8, 4) is 40.0 Å². The minimum Gasteiger partial charge on any atom is -0.480 e. The van der Waals surface area contributed by atoms with E-state index in [4.69, 9.17) is 31.5 Å². The Morgan fingerprint density at radius 2 is 1.86 bits per heavy atom. The van der Waals surface area contributed by atoms with Crippen LogP contribution in [0.15, 0.2) is 53.6 Å². The van der Waals surface area contributed by atoms with Gasteiger partial charge in [0.1, 0.15) is 17.9 Å². The second-order valence-electron chi connectivity index (χ2n) is 11.5. The van der Waals surface area contributed by atoms with Crippen LogP contribution in [0, 0.1) is 11.6 Å². The Hall–Kier alpha value is -4.48. The maximum atomic E-state index is 16.8. The van der Waals surface area contributed by atoms with Gasteiger partial charge in [0.05, 0.1) is 16.6 Å². The zero-order chi connectivity index (χ0) is 30.3. The highest BCUT2D eigenvalue weighted by atomic mass is 35.5. The molecular formula is C32H25ClF2N4O5. The van der Waals surface area contributed by atoms with Crippen molar-refractivity contribution in [3.05, 3.63) is 92.5 Å². The van der Waals surface area contributed by atoms with Gasteiger partial charge in [-0.05, 0) is 43.9 Å². The normalized spacial score (nSPS) is 21.5. The number of carbonyl (C=O) groups is 1. The molecule has 1 amide bonds. The van der Waals surface area contributed by atoms with Gasteiger partial charge in [-0.15, -0.1) is 0 Å². The minimum absolute atomic E-state index is 0.0177. The van der Waals surface area contributed by atoms with Crippen LogP contribution in [0.25, 0.3) is 11.1 Å². The van der Waals surface area contributed by atoms with Crippen LogP contribution in [0.3, 0.4) is 0 Å². The van der Waals surface area contributed by atoms with Gasteiger partial charge in [-0.25, -0.2) is 8.78 Å². The summed E-state index contributed by atoms with van der Waals surface area (Å²) in [6.07, 6.45) is 4.88. The number of amides is 1. The first-order chi connectivity index (χ1) is 21.3. The number of rotatable bonds is 5. The van der Waals surface area contributed by atoms with Crippen LogP contribution in [0.2, 0.25) is 5.02 Å². The molecule has 0 unspecified atom stereocenters. The number of nitrogens with zero attached hydrogens (tertiary/aromatic N) is 2. The molecule has 0 bridgehead atoms. The summed E-state index contributed by atoms with van der Waals surface area (Å²) in [4.78, 5) is 30.1. The third-order valence-electron chi connectivity index (χ3n) is 8.88. The molecule has 0 radical (unpaired) electrons. The molecule has 1 aliphatic carbocycles. The van der Waals surface area contributed by atoms with E-state index in [0.717, 1.165) is 37.8 Å². The van der Waals surface area contributed by atoms with Gasteiger partial charge in [-0.3, -0.25) is 14.2 Å². The number of nitrogens with two attached hydrogens (primary N) is 1. The molecule has 8 rings (SSSR count). The monoisotopic (exact) mass is 618 g/mol. The number of halogens is 3. The molecule has 44 heavy (non-hydrogen) atoms. The third kappa shape index (κ3) is 3.95. The number of hydrogen-bond donors (Lipinski definition) is 2. The maximum absolute atomic E-state index is 16.8. The predicted molar refractivity (Wildman–Crippen MR) is 156 cm³/mol.